The van der Waals surface area contributed by atoms with Crippen LogP contribution in [0.15, 0.2) is 18.7 Å². The number of aryl methyl sites for hydroxylation is 1. The van der Waals surface area contributed by atoms with Crippen LogP contribution in [0.2, 0.25) is 18.1 Å². The van der Waals surface area contributed by atoms with E-state index in [4.69, 9.17) is 18.0 Å². The Labute approximate surface area is 216 Å². The lowest BCUT2D eigenvalue weighted by molar-refractivity contribution is 0.0221. The zero-order valence-electron chi connectivity index (χ0n) is 24.8. The van der Waals surface area contributed by atoms with Gasteiger partial charge in [-0.15, -0.1) is 0 Å². The van der Waals surface area contributed by atoms with Crippen LogP contribution in [-0.4, -0.2) is 26.1 Å². The quantitative estimate of drug-likeness (QED) is 0.224. The second-order valence-corrected chi connectivity index (χ2v) is 19.9. The molecule has 0 radical (unpaired) electrons. The lowest BCUT2D eigenvalue weighted by Crippen LogP contribution is -2.41. The fourth-order valence-corrected chi connectivity index (χ4v) is 6.47. The van der Waals surface area contributed by atoms with Crippen molar-refractivity contribution in [2.45, 2.75) is 124 Å². The molecule has 1 aromatic carbocycles. The summed E-state index contributed by atoms with van der Waals surface area (Å²) in [6.07, 6.45) is 2.55. The van der Waals surface area contributed by atoms with Gasteiger partial charge in [0.1, 0.15) is 5.75 Å². The van der Waals surface area contributed by atoms with Crippen LogP contribution in [0.3, 0.4) is 0 Å². The highest BCUT2D eigenvalue weighted by Gasteiger charge is 2.41. The maximum Gasteiger partial charge on any atom is 0.531 e. The summed E-state index contributed by atoms with van der Waals surface area (Å²) >= 11 is 0. The van der Waals surface area contributed by atoms with Crippen LogP contribution in [0, 0.1) is 6.92 Å². The highest BCUT2D eigenvalue weighted by Crippen LogP contribution is 2.57. The summed E-state index contributed by atoms with van der Waals surface area (Å²) in [5.74, 6) is 0.494. The summed E-state index contributed by atoms with van der Waals surface area (Å²) in [6.45, 7) is 33.2. The van der Waals surface area contributed by atoms with Gasteiger partial charge in [0.05, 0.1) is 11.2 Å². The van der Waals surface area contributed by atoms with Gasteiger partial charge in [0.15, 0.2) is 8.32 Å². The molecule has 0 bridgehead atoms. The molecule has 0 N–H and O–H groups in total. The van der Waals surface area contributed by atoms with Gasteiger partial charge in [-0.1, -0.05) is 53.3 Å². The third-order valence-corrected chi connectivity index (χ3v) is 12.7. The molecule has 0 aromatic heterocycles. The molecule has 0 fully saturated rings. The number of hydrogen-bond acceptors (Lipinski definition) is 5. The van der Waals surface area contributed by atoms with Crippen LogP contribution in [-0.2, 0) is 23.5 Å². The molecule has 0 saturated heterocycles. The van der Waals surface area contributed by atoms with Gasteiger partial charge in [-0.2, -0.15) is 0 Å². The summed E-state index contributed by atoms with van der Waals surface area (Å²) in [6, 6.07) is 3.95. The molecule has 7 heteroatoms. The van der Waals surface area contributed by atoms with E-state index in [1.54, 1.807) is 6.08 Å². The lowest BCUT2D eigenvalue weighted by Gasteiger charge is -2.38. The Kier molecular flexibility index (Phi) is 9.94. The van der Waals surface area contributed by atoms with E-state index >= 15 is 0 Å². The van der Waals surface area contributed by atoms with E-state index in [-0.39, 0.29) is 10.5 Å². The molecule has 35 heavy (non-hydrogen) atoms. The van der Waals surface area contributed by atoms with Crippen molar-refractivity contribution in [3.05, 3.63) is 35.4 Å². The predicted octanol–water partition coefficient (Wildman–Crippen LogP) is 9.44. The van der Waals surface area contributed by atoms with E-state index < -0.39 is 27.3 Å². The average Bonchev–Trinajstić information content (AvgIpc) is 2.55. The molecule has 5 nitrogen and oxygen atoms in total. The summed E-state index contributed by atoms with van der Waals surface area (Å²) in [5, 5.41) is 0.147. The van der Waals surface area contributed by atoms with Crippen molar-refractivity contribution in [1.29, 1.82) is 0 Å². The third kappa shape index (κ3) is 9.81. The van der Waals surface area contributed by atoms with Gasteiger partial charge in [-0.25, -0.2) is 4.57 Å². The van der Waals surface area contributed by atoms with Crippen LogP contribution in [0.5, 0.6) is 5.75 Å². The number of benzene rings is 1. The van der Waals surface area contributed by atoms with Crippen molar-refractivity contribution in [2.75, 3.05) is 6.61 Å². The van der Waals surface area contributed by atoms with Gasteiger partial charge < -0.3 is 8.95 Å². The Morgan fingerprint density at radius 1 is 0.914 bits per heavy atom. The standard InChI is InChI=1S/C28H51O5PSi/c1-16-22-19-21(2)24(28(12,13)17-18-30-35(14,15)27(9,10)11)23(20-22)31-34(29,32-25(3,4)5)33-26(6,7)8/h16,19-20H,1,17-18H2,2-15H3. The van der Waals surface area contributed by atoms with Gasteiger partial charge >= 0.3 is 7.82 Å². The average molecular weight is 527 g/mol. The first-order chi connectivity index (χ1) is 15.4. The van der Waals surface area contributed by atoms with Gasteiger partial charge in [0.25, 0.3) is 0 Å². The van der Waals surface area contributed by atoms with Crippen molar-refractivity contribution >= 4 is 22.2 Å². The fourth-order valence-electron chi connectivity index (χ4n) is 3.59. The van der Waals surface area contributed by atoms with Crippen molar-refractivity contribution in [3.8, 4) is 5.75 Å². The first-order valence-corrected chi connectivity index (χ1v) is 16.9. The van der Waals surface area contributed by atoms with E-state index in [1.165, 1.54) is 0 Å². The molecule has 0 saturated carbocycles. The van der Waals surface area contributed by atoms with Crippen LogP contribution in [0.25, 0.3) is 6.08 Å². The minimum Gasteiger partial charge on any atom is -0.417 e. The third-order valence-electron chi connectivity index (χ3n) is 6.21. The maximum absolute atomic E-state index is 13.9. The molecule has 0 aliphatic rings. The summed E-state index contributed by atoms with van der Waals surface area (Å²) < 4.78 is 38.5. The molecule has 0 unspecified atom stereocenters. The molecule has 0 spiro atoms. The molecule has 0 atom stereocenters. The van der Waals surface area contributed by atoms with Crippen LogP contribution >= 0.6 is 7.82 Å². The number of phosphoric ester groups is 1. The topological polar surface area (TPSA) is 54.0 Å². The monoisotopic (exact) mass is 526 g/mol. The van der Waals surface area contributed by atoms with Crippen LogP contribution < -0.4 is 4.52 Å². The molecule has 1 aromatic rings. The van der Waals surface area contributed by atoms with Crippen molar-refractivity contribution in [1.82, 2.24) is 0 Å². The van der Waals surface area contributed by atoms with E-state index in [2.05, 4.69) is 60.4 Å². The molecule has 0 amide bonds. The van der Waals surface area contributed by atoms with E-state index in [0.29, 0.717) is 12.4 Å². The van der Waals surface area contributed by atoms with E-state index in [0.717, 1.165) is 23.1 Å². The summed E-state index contributed by atoms with van der Waals surface area (Å²) in [4.78, 5) is 0. The highest BCUT2D eigenvalue weighted by molar-refractivity contribution is 7.49. The zero-order valence-corrected chi connectivity index (χ0v) is 26.7. The van der Waals surface area contributed by atoms with E-state index in [1.807, 2.05) is 54.5 Å². The smallest absolute Gasteiger partial charge is 0.417 e. The number of phosphoric acid groups is 1. The molecular formula is C28H51O5PSi. The van der Waals surface area contributed by atoms with Gasteiger partial charge in [-0.05, 0) is 95.6 Å². The Morgan fingerprint density at radius 2 is 1.40 bits per heavy atom. The Morgan fingerprint density at radius 3 is 1.80 bits per heavy atom. The Hall–Kier alpha value is -0.913. The molecule has 1 rings (SSSR count). The number of rotatable bonds is 10. The molecular weight excluding hydrogens is 475 g/mol. The first-order valence-electron chi connectivity index (χ1n) is 12.5. The minimum atomic E-state index is -3.96. The van der Waals surface area contributed by atoms with Crippen LogP contribution in [0.1, 0.15) is 99.3 Å². The van der Waals surface area contributed by atoms with Gasteiger partial charge in [0, 0.05) is 12.2 Å². The molecule has 0 aliphatic heterocycles. The van der Waals surface area contributed by atoms with Gasteiger partial charge in [-0.3, -0.25) is 9.05 Å². The minimum absolute atomic E-state index is 0.147. The highest BCUT2D eigenvalue weighted by atomic mass is 31.2. The predicted molar refractivity (Wildman–Crippen MR) is 152 cm³/mol. The molecule has 202 valence electrons. The normalized spacial score (nSPS) is 14.2. The second-order valence-electron chi connectivity index (χ2n) is 13.6. The van der Waals surface area contributed by atoms with E-state index in [9.17, 15) is 4.57 Å². The SMILES string of the molecule is C=Cc1cc(C)c(C(C)(C)CCO[Si](C)(C)C(C)(C)C)c(OP(=O)(OC(C)(C)C)OC(C)(C)C)c1. The summed E-state index contributed by atoms with van der Waals surface area (Å²) in [5.41, 5.74) is 1.13. The Bertz CT molecular complexity index is 910. The first kappa shape index (κ1) is 32.1. The van der Waals surface area contributed by atoms with Crippen molar-refractivity contribution in [3.63, 3.8) is 0 Å². The molecule has 0 heterocycles. The Balaban J connectivity index is 3.47. The van der Waals surface area contributed by atoms with Crippen LogP contribution in [0.4, 0.5) is 0 Å². The summed E-state index contributed by atoms with van der Waals surface area (Å²) in [7, 11) is -5.83. The van der Waals surface area contributed by atoms with Crippen molar-refractivity contribution < 1.29 is 22.6 Å². The lowest BCUT2D eigenvalue weighted by atomic mass is 9.78. The van der Waals surface area contributed by atoms with Crippen molar-refractivity contribution in [2.24, 2.45) is 0 Å². The fraction of sp³-hybridized carbons (Fsp3) is 0.714. The largest absolute Gasteiger partial charge is 0.531 e. The molecule has 0 aliphatic carbocycles. The maximum atomic E-state index is 13.9. The zero-order chi connectivity index (χ0) is 27.7. The van der Waals surface area contributed by atoms with Gasteiger partial charge in [0.2, 0.25) is 0 Å². The number of hydrogen-bond donors (Lipinski definition) is 0. The second kappa shape index (κ2) is 10.8.